The predicted octanol–water partition coefficient (Wildman–Crippen LogP) is 4.16. The number of aliphatic hydroxyl groups is 2. The van der Waals surface area contributed by atoms with E-state index in [0.29, 0.717) is 0 Å². The molecule has 0 saturated carbocycles. The van der Waals surface area contributed by atoms with Crippen LogP contribution in [0.15, 0.2) is 0 Å². The van der Waals surface area contributed by atoms with Gasteiger partial charge in [0.05, 0.1) is 0 Å². The lowest BCUT2D eigenvalue weighted by atomic mass is 10.0. The maximum atomic E-state index is 8.21. The Morgan fingerprint density at radius 2 is 1.40 bits per heavy atom. The van der Waals surface area contributed by atoms with Gasteiger partial charge in [-0.1, -0.05) is 46.5 Å². The molecule has 0 aromatic carbocycles. The molecule has 0 rings (SSSR count). The van der Waals surface area contributed by atoms with E-state index in [1.165, 1.54) is 38.5 Å². The zero-order chi connectivity index (χ0) is 15.5. The van der Waals surface area contributed by atoms with E-state index >= 15 is 0 Å². The van der Waals surface area contributed by atoms with Crippen molar-refractivity contribution in [1.82, 2.24) is 0 Å². The average molecular weight is 290 g/mol. The highest BCUT2D eigenvalue weighted by atomic mass is 16.5. The summed E-state index contributed by atoms with van der Waals surface area (Å²) in [4.78, 5) is 0. The van der Waals surface area contributed by atoms with E-state index in [-0.39, 0.29) is 13.2 Å². The summed E-state index contributed by atoms with van der Waals surface area (Å²) in [6, 6.07) is 0. The largest absolute Gasteiger partial charge is 0.396 e. The van der Waals surface area contributed by atoms with Crippen LogP contribution in [0.25, 0.3) is 0 Å². The average Bonchev–Trinajstić information content (AvgIpc) is 2.48. The van der Waals surface area contributed by atoms with E-state index in [1.54, 1.807) is 0 Å². The molecule has 0 spiro atoms. The van der Waals surface area contributed by atoms with Crippen LogP contribution in [0.1, 0.15) is 78.6 Å². The lowest BCUT2D eigenvalue weighted by Gasteiger charge is -2.14. The number of unbranched alkanes of at least 4 members (excludes halogenated alkanes) is 4. The fourth-order valence-corrected chi connectivity index (χ4v) is 1.79. The number of ether oxygens (including phenoxy) is 1. The Labute approximate surface area is 126 Å². The maximum Gasteiger partial charge on any atom is 0.0494 e. The molecule has 0 radical (unpaired) electrons. The van der Waals surface area contributed by atoms with Gasteiger partial charge < -0.3 is 14.9 Å². The van der Waals surface area contributed by atoms with Crippen molar-refractivity contribution in [2.45, 2.75) is 78.6 Å². The van der Waals surface area contributed by atoms with E-state index in [9.17, 15) is 0 Å². The van der Waals surface area contributed by atoms with E-state index in [4.69, 9.17) is 14.9 Å². The Morgan fingerprint density at radius 1 is 0.800 bits per heavy atom. The second-order valence-corrected chi connectivity index (χ2v) is 5.35. The minimum atomic E-state index is 0.250. The van der Waals surface area contributed by atoms with Crippen LogP contribution in [-0.2, 0) is 4.74 Å². The molecule has 2 N–H and O–H groups in total. The van der Waals surface area contributed by atoms with Gasteiger partial charge in [0.2, 0.25) is 0 Å². The minimum absolute atomic E-state index is 0.250. The first kappa shape index (κ1) is 22.2. The third-order valence-corrected chi connectivity index (χ3v) is 3.36. The van der Waals surface area contributed by atoms with E-state index < -0.39 is 0 Å². The van der Waals surface area contributed by atoms with Gasteiger partial charge in [0.25, 0.3) is 0 Å². The fourth-order valence-electron chi connectivity index (χ4n) is 1.79. The van der Waals surface area contributed by atoms with Crippen LogP contribution in [0.4, 0.5) is 0 Å². The molecule has 1 atom stereocenters. The normalized spacial score (nSPS) is 11.8. The summed E-state index contributed by atoms with van der Waals surface area (Å²) in [5.74, 6) is 0.803. The van der Waals surface area contributed by atoms with Crippen LogP contribution < -0.4 is 0 Å². The zero-order valence-corrected chi connectivity index (χ0v) is 14.1. The summed E-state index contributed by atoms with van der Waals surface area (Å²) in [5, 5.41) is 16.4. The van der Waals surface area contributed by atoms with Crippen molar-refractivity contribution in [3.05, 3.63) is 0 Å². The molecule has 3 heteroatoms. The molecule has 1 unspecified atom stereocenters. The summed E-state index contributed by atoms with van der Waals surface area (Å²) in [5.41, 5.74) is 0. The van der Waals surface area contributed by atoms with E-state index in [2.05, 4.69) is 20.8 Å². The minimum Gasteiger partial charge on any atom is -0.396 e. The Bertz CT molecular complexity index is 147. The molecule has 0 aromatic heterocycles. The molecule has 0 bridgehead atoms. The molecule has 0 saturated heterocycles. The Morgan fingerprint density at radius 3 is 1.85 bits per heavy atom. The third-order valence-electron chi connectivity index (χ3n) is 3.36. The van der Waals surface area contributed by atoms with Crippen molar-refractivity contribution >= 4 is 0 Å². The SMILES string of the molecule is CCCCOCC(CC)CCCC.OCCCCCO. The van der Waals surface area contributed by atoms with Gasteiger partial charge in [0, 0.05) is 26.4 Å². The Balaban J connectivity index is 0. The molecule has 20 heavy (non-hydrogen) atoms. The number of hydrogen-bond acceptors (Lipinski definition) is 3. The summed E-state index contributed by atoms with van der Waals surface area (Å²) >= 11 is 0. The van der Waals surface area contributed by atoms with Gasteiger partial charge in [-0.25, -0.2) is 0 Å². The molecule has 0 aliphatic carbocycles. The first-order valence-corrected chi connectivity index (χ1v) is 8.56. The fraction of sp³-hybridized carbons (Fsp3) is 1.00. The summed E-state index contributed by atoms with van der Waals surface area (Å²) in [6.07, 6.45) is 10.3. The second-order valence-electron chi connectivity index (χ2n) is 5.35. The van der Waals surface area contributed by atoms with Gasteiger partial charge in [0.15, 0.2) is 0 Å². The standard InChI is InChI=1S/C12H26O.C5H12O2/c1-4-7-9-12(6-3)11-13-10-8-5-2;6-4-2-1-3-5-7/h12H,4-11H2,1-3H3;6-7H,1-5H2. The number of hydrogen-bond donors (Lipinski definition) is 2. The quantitative estimate of drug-likeness (QED) is 0.501. The summed E-state index contributed by atoms with van der Waals surface area (Å²) in [6.45, 7) is 9.17. The van der Waals surface area contributed by atoms with Gasteiger partial charge in [-0.3, -0.25) is 0 Å². The highest BCUT2D eigenvalue weighted by Crippen LogP contribution is 2.12. The number of aliphatic hydroxyl groups excluding tert-OH is 2. The lowest BCUT2D eigenvalue weighted by Crippen LogP contribution is -2.09. The van der Waals surface area contributed by atoms with Crippen molar-refractivity contribution < 1.29 is 14.9 Å². The Kier molecular flexibility index (Phi) is 23.5. The molecular formula is C17H38O3. The van der Waals surface area contributed by atoms with Crippen LogP contribution in [0.2, 0.25) is 0 Å². The molecule has 0 aliphatic heterocycles. The van der Waals surface area contributed by atoms with Crippen LogP contribution in [0.5, 0.6) is 0 Å². The van der Waals surface area contributed by atoms with Crippen molar-refractivity contribution in [2.75, 3.05) is 26.4 Å². The molecule has 124 valence electrons. The van der Waals surface area contributed by atoms with Crippen molar-refractivity contribution in [3.63, 3.8) is 0 Å². The molecule has 3 nitrogen and oxygen atoms in total. The topological polar surface area (TPSA) is 49.7 Å². The van der Waals surface area contributed by atoms with E-state index in [1.807, 2.05) is 0 Å². The first-order valence-electron chi connectivity index (χ1n) is 8.56. The Hall–Kier alpha value is -0.120. The van der Waals surface area contributed by atoms with Gasteiger partial charge in [-0.05, 0) is 38.0 Å². The van der Waals surface area contributed by atoms with Crippen LogP contribution >= 0.6 is 0 Å². The van der Waals surface area contributed by atoms with Crippen LogP contribution in [0, 0.1) is 5.92 Å². The second kappa shape index (κ2) is 21.2. The lowest BCUT2D eigenvalue weighted by molar-refractivity contribution is 0.0918. The van der Waals surface area contributed by atoms with Gasteiger partial charge >= 0.3 is 0 Å². The molecule has 0 aliphatic rings. The van der Waals surface area contributed by atoms with E-state index in [0.717, 1.165) is 38.4 Å². The predicted molar refractivity (Wildman–Crippen MR) is 87.1 cm³/mol. The van der Waals surface area contributed by atoms with Crippen molar-refractivity contribution in [3.8, 4) is 0 Å². The first-order chi connectivity index (χ1) is 9.76. The molecular weight excluding hydrogens is 252 g/mol. The summed E-state index contributed by atoms with van der Waals surface area (Å²) < 4.78 is 5.62. The maximum absolute atomic E-state index is 8.21. The van der Waals surface area contributed by atoms with Gasteiger partial charge in [0.1, 0.15) is 0 Å². The molecule has 0 heterocycles. The smallest absolute Gasteiger partial charge is 0.0494 e. The number of rotatable bonds is 13. The molecule has 0 amide bonds. The van der Waals surface area contributed by atoms with Gasteiger partial charge in [-0.2, -0.15) is 0 Å². The molecule has 0 fully saturated rings. The third kappa shape index (κ3) is 20.2. The summed E-state index contributed by atoms with van der Waals surface area (Å²) in [7, 11) is 0. The van der Waals surface area contributed by atoms with Crippen LogP contribution in [0.3, 0.4) is 0 Å². The highest BCUT2D eigenvalue weighted by molar-refractivity contribution is 4.55. The monoisotopic (exact) mass is 290 g/mol. The van der Waals surface area contributed by atoms with Crippen LogP contribution in [-0.4, -0.2) is 36.6 Å². The zero-order valence-electron chi connectivity index (χ0n) is 14.1. The van der Waals surface area contributed by atoms with Gasteiger partial charge in [-0.15, -0.1) is 0 Å². The highest BCUT2D eigenvalue weighted by Gasteiger charge is 2.04. The van der Waals surface area contributed by atoms with Crippen molar-refractivity contribution in [2.24, 2.45) is 5.92 Å². The molecule has 0 aromatic rings. The van der Waals surface area contributed by atoms with Crippen molar-refractivity contribution in [1.29, 1.82) is 0 Å².